The lowest BCUT2D eigenvalue weighted by Gasteiger charge is -2.32. The third-order valence-corrected chi connectivity index (χ3v) is 5.77. The Morgan fingerprint density at radius 3 is 2.37 bits per heavy atom. The summed E-state index contributed by atoms with van der Waals surface area (Å²) in [7, 11) is -3.46. The van der Waals surface area contributed by atoms with Crippen molar-refractivity contribution in [2.24, 2.45) is 0 Å². The largest absolute Gasteiger partial charge is 0.352 e. The number of amides is 1. The number of nitrogens with zero attached hydrogens (tertiary/aromatic N) is 4. The van der Waals surface area contributed by atoms with Crippen molar-refractivity contribution in [3.63, 3.8) is 0 Å². The van der Waals surface area contributed by atoms with E-state index in [0.29, 0.717) is 44.8 Å². The van der Waals surface area contributed by atoms with Gasteiger partial charge in [0.15, 0.2) is 11.6 Å². The van der Waals surface area contributed by atoms with Crippen LogP contribution >= 0.6 is 0 Å². The number of rotatable bonds is 8. The Balaban J connectivity index is 1.50. The zero-order valence-corrected chi connectivity index (χ0v) is 15.8. The molecule has 0 saturated carbocycles. The van der Waals surface area contributed by atoms with Crippen molar-refractivity contribution in [1.29, 1.82) is 0 Å². The normalized spacial score (nSPS) is 14.8. The molecule has 27 heavy (non-hydrogen) atoms. The van der Waals surface area contributed by atoms with Gasteiger partial charge in [0, 0.05) is 26.2 Å². The standard InChI is InChI=1S/C18H23N5O3S/c24-15-22-10-12-23(13-11-22)18-9-8-17(19-20-18)21-27(25,26)14-4-7-16-5-2-1-3-6-16/h1-3,5-6,8-9,15H,4,7,10-14H2,(H,19,21). The highest BCUT2D eigenvalue weighted by molar-refractivity contribution is 7.92. The molecule has 8 nitrogen and oxygen atoms in total. The first-order valence-corrected chi connectivity index (χ1v) is 10.5. The Bertz CT molecular complexity index is 835. The van der Waals surface area contributed by atoms with Gasteiger partial charge in [-0.25, -0.2) is 8.42 Å². The maximum atomic E-state index is 12.2. The number of aromatic nitrogens is 2. The average molecular weight is 389 g/mol. The van der Waals surface area contributed by atoms with E-state index in [4.69, 9.17) is 0 Å². The first kappa shape index (κ1) is 19.1. The number of benzene rings is 1. The van der Waals surface area contributed by atoms with E-state index in [2.05, 4.69) is 14.9 Å². The number of piperazine rings is 1. The summed E-state index contributed by atoms with van der Waals surface area (Å²) >= 11 is 0. The Hall–Kier alpha value is -2.68. The molecule has 1 amide bonds. The van der Waals surface area contributed by atoms with Gasteiger partial charge in [-0.1, -0.05) is 30.3 Å². The topological polar surface area (TPSA) is 95.5 Å². The SMILES string of the molecule is O=CN1CCN(c2ccc(NS(=O)(=O)CCCc3ccccc3)nn2)CC1. The van der Waals surface area contributed by atoms with Crippen LogP contribution < -0.4 is 9.62 Å². The number of sulfonamides is 1. The number of hydrogen-bond acceptors (Lipinski definition) is 6. The monoisotopic (exact) mass is 389 g/mol. The highest BCUT2D eigenvalue weighted by Crippen LogP contribution is 2.15. The highest BCUT2D eigenvalue weighted by Gasteiger charge is 2.17. The third-order valence-electron chi connectivity index (χ3n) is 4.42. The molecular weight excluding hydrogens is 366 g/mol. The van der Waals surface area contributed by atoms with Crippen molar-refractivity contribution in [1.82, 2.24) is 15.1 Å². The van der Waals surface area contributed by atoms with E-state index in [1.54, 1.807) is 17.0 Å². The minimum Gasteiger partial charge on any atom is -0.352 e. The van der Waals surface area contributed by atoms with Crippen LogP contribution in [-0.2, 0) is 21.2 Å². The van der Waals surface area contributed by atoms with Crippen LogP contribution in [-0.4, -0.2) is 61.9 Å². The van der Waals surface area contributed by atoms with Gasteiger partial charge in [-0.15, -0.1) is 10.2 Å². The van der Waals surface area contributed by atoms with Gasteiger partial charge >= 0.3 is 0 Å². The number of anilines is 2. The van der Waals surface area contributed by atoms with E-state index in [0.717, 1.165) is 12.0 Å². The predicted molar refractivity (Wildman–Crippen MR) is 104 cm³/mol. The Labute approximate surface area is 159 Å². The summed E-state index contributed by atoms with van der Waals surface area (Å²) in [6.07, 6.45) is 2.09. The second-order valence-corrected chi connectivity index (χ2v) is 8.26. The first-order chi connectivity index (χ1) is 13.1. The van der Waals surface area contributed by atoms with Crippen molar-refractivity contribution >= 4 is 28.1 Å². The number of aryl methyl sites for hydroxylation is 1. The minimum atomic E-state index is -3.46. The molecule has 0 atom stereocenters. The molecule has 1 N–H and O–H groups in total. The Morgan fingerprint density at radius 2 is 1.74 bits per heavy atom. The smallest absolute Gasteiger partial charge is 0.233 e. The van der Waals surface area contributed by atoms with Crippen LogP contribution in [0.5, 0.6) is 0 Å². The molecule has 1 saturated heterocycles. The Morgan fingerprint density at radius 1 is 1.00 bits per heavy atom. The molecule has 9 heteroatoms. The van der Waals surface area contributed by atoms with Crippen LogP contribution in [0.25, 0.3) is 0 Å². The predicted octanol–water partition coefficient (Wildman–Crippen LogP) is 1.13. The molecule has 1 fully saturated rings. The lowest BCUT2D eigenvalue weighted by atomic mass is 10.1. The molecule has 144 valence electrons. The fourth-order valence-electron chi connectivity index (χ4n) is 2.93. The van der Waals surface area contributed by atoms with Crippen LogP contribution in [0.2, 0.25) is 0 Å². The molecule has 1 aliphatic rings. The fraction of sp³-hybridized carbons (Fsp3) is 0.389. The summed E-state index contributed by atoms with van der Waals surface area (Å²) in [5.74, 6) is 0.913. The number of carbonyl (C=O) groups excluding carboxylic acids is 1. The minimum absolute atomic E-state index is 0.0268. The summed E-state index contributed by atoms with van der Waals surface area (Å²) in [5, 5.41) is 8.09. The van der Waals surface area contributed by atoms with Gasteiger partial charge < -0.3 is 9.80 Å². The lowest BCUT2D eigenvalue weighted by molar-refractivity contribution is -0.118. The second kappa shape index (κ2) is 8.81. The molecule has 1 aromatic heterocycles. The van der Waals surface area contributed by atoms with E-state index in [1.807, 2.05) is 35.2 Å². The molecule has 2 heterocycles. The summed E-state index contributed by atoms with van der Waals surface area (Å²) in [6.45, 7) is 2.64. The van der Waals surface area contributed by atoms with Crippen LogP contribution in [0, 0.1) is 0 Å². The molecule has 0 radical (unpaired) electrons. The molecule has 3 rings (SSSR count). The number of carbonyl (C=O) groups is 1. The van der Waals surface area contributed by atoms with Crippen LogP contribution in [0.4, 0.5) is 11.6 Å². The van der Waals surface area contributed by atoms with Crippen molar-refractivity contribution in [3.05, 3.63) is 48.0 Å². The van der Waals surface area contributed by atoms with E-state index in [-0.39, 0.29) is 11.6 Å². The molecule has 1 aliphatic heterocycles. The van der Waals surface area contributed by atoms with Crippen molar-refractivity contribution in [3.8, 4) is 0 Å². The van der Waals surface area contributed by atoms with Gasteiger partial charge in [0.1, 0.15) is 0 Å². The van der Waals surface area contributed by atoms with E-state index in [1.165, 1.54) is 0 Å². The molecule has 1 aromatic carbocycles. The quantitative estimate of drug-likeness (QED) is 0.680. The lowest BCUT2D eigenvalue weighted by Crippen LogP contribution is -2.46. The van der Waals surface area contributed by atoms with Gasteiger partial charge in [0.25, 0.3) is 0 Å². The van der Waals surface area contributed by atoms with Crippen molar-refractivity contribution in [2.45, 2.75) is 12.8 Å². The van der Waals surface area contributed by atoms with Gasteiger partial charge in [-0.2, -0.15) is 0 Å². The van der Waals surface area contributed by atoms with Crippen molar-refractivity contribution < 1.29 is 13.2 Å². The molecule has 0 aliphatic carbocycles. The first-order valence-electron chi connectivity index (χ1n) is 8.88. The summed E-state index contributed by atoms with van der Waals surface area (Å²) in [5.41, 5.74) is 1.12. The molecule has 0 spiro atoms. The fourth-order valence-corrected chi connectivity index (χ4v) is 3.98. The van der Waals surface area contributed by atoms with Crippen LogP contribution in [0.1, 0.15) is 12.0 Å². The molecule has 0 unspecified atom stereocenters. The average Bonchev–Trinajstić information content (AvgIpc) is 2.69. The van der Waals surface area contributed by atoms with Gasteiger partial charge in [-0.3, -0.25) is 9.52 Å². The van der Waals surface area contributed by atoms with E-state index >= 15 is 0 Å². The number of nitrogens with one attached hydrogen (secondary N) is 1. The van der Waals surface area contributed by atoms with E-state index in [9.17, 15) is 13.2 Å². The zero-order valence-electron chi connectivity index (χ0n) is 15.0. The molecule has 2 aromatic rings. The second-order valence-electron chi connectivity index (χ2n) is 6.42. The van der Waals surface area contributed by atoms with Gasteiger partial charge in [-0.05, 0) is 30.5 Å². The Kier molecular flexibility index (Phi) is 6.23. The summed E-state index contributed by atoms with van der Waals surface area (Å²) in [6, 6.07) is 13.1. The van der Waals surface area contributed by atoms with Crippen LogP contribution in [0.3, 0.4) is 0 Å². The van der Waals surface area contributed by atoms with Gasteiger partial charge in [0.2, 0.25) is 16.4 Å². The molecular formula is C18H23N5O3S. The summed E-state index contributed by atoms with van der Waals surface area (Å²) in [4.78, 5) is 14.5. The van der Waals surface area contributed by atoms with Crippen LogP contribution in [0.15, 0.2) is 42.5 Å². The maximum Gasteiger partial charge on any atom is 0.233 e. The highest BCUT2D eigenvalue weighted by atomic mass is 32.2. The number of hydrogen-bond donors (Lipinski definition) is 1. The van der Waals surface area contributed by atoms with Crippen molar-refractivity contribution in [2.75, 3.05) is 41.6 Å². The summed E-state index contributed by atoms with van der Waals surface area (Å²) < 4.78 is 26.9. The van der Waals surface area contributed by atoms with E-state index < -0.39 is 10.0 Å². The zero-order chi connectivity index (χ0) is 19.1. The maximum absolute atomic E-state index is 12.2. The molecule has 0 bridgehead atoms. The van der Waals surface area contributed by atoms with Gasteiger partial charge in [0.05, 0.1) is 5.75 Å². The third kappa shape index (κ3) is 5.65.